The lowest BCUT2D eigenvalue weighted by Gasteiger charge is -2.13. The van der Waals surface area contributed by atoms with Gasteiger partial charge in [-0.25, -0.2) is 0 Å². The molecule has 2 aromatic carbocycles. The van der Waals surface area contributed by atoms with Crippen LogP contribution < -0.4 is 5.32 Å². The molecule has 0 atom stereocenters. The van der Waals surface area contributed by atoms with Crippen LogP contribution in [0.25, 0.3) is 0 Å². The van der Waals surface area contributed by atoms with Gasteiger partial charge in [0.05, 0.1) is 5.75 Å². The van der Waals surface area contributed by atoms with Crippen molar-refractivity contribution >= 4 is 46.5 Å². The smallest absolute Gasteiger partial charge is 0.234 e. The summed E-state index contributed by atoms with van der Waals surface area (Å²) in [7, 11) is 0. The number of hydrogen-bond donors (Lipinski definition) is 1. The van der Waals surface area contributed by atoms with Crippen LogP contribution in [0.4, 0.5) is 5.69 Å². The number of carbonyl (C=O) groups excluding carboxylic acids is 1. The molecule has 0 aliphatic carbocycles. The highest BCUT2D eigenvalue weighted by molar-refractivity contribution is 8.03. The molecule has 27 heavy (non-hydrogen) atoms. The zero-order valence-electron chi connectivity index (χ0n) is 15.2. The molecule has 0 saturated carbocycles. The van der Waals surface area contributed by atoms with Crippen molar-refractivity contribution in [3.63, 3.8) is 0 Å². The molecule has 1 amide bonds. The van der Waals surface area contributed by atoms with E-state index in [0.717, 1.165) is 25.7 Å². The second-order valence-electron chi connectivity index (χ2n) is 6.19. The molecule has 7 heteroatoms. The molecule has 3 aromatic rings. The lowest BCUT2D eigenvalue weighted by atomic mass is 10.0. The van der Waals surface area contributed by atoms with Crippen LogP contribution in [0, 0.1) is 0 Å². The average Bonchev–Trinajstić information content (AvgIpc) is 3.14. The third kappa shape index (κ3) is 6.09. The minimum atomic E-state index is -0.0261. The number of aromatic nitrogens is 2. The van der Waals surface area contributed by atoms with Gasteiger partial charge in [0.2, 0.25) is 5.91 Å². The molecule has 4 nitrogen and oxygen atoms in total. The van der Waals surface area contributed by atoms with E-state index < -0.39 is 0 Å². The quantitative estimate of drug-likeness (QED) is 0.479. The average molecular weight is 416 g/mol. The highest BCUT2D eigenvalue weighted by atomic mass is 32.2. The van der Waals surface area contributed by atoms with Gasteiger partial charge in [0.25, 0.3) is 0 Å². The Balaban J connectivity index is 1.49. The minimum absolute atomic E-state index is 0.0261. The number of para-hydroxylation sites is 1. The van der Waals surface area contributed by atoms with E-state index in [1.807, 2.05) is 36.4 Å². The van der Waals surface area contributed by atoms with Crippen LogP contribution in [-0.4, -0.2) is 21.9 Å². The van der Waals surface area contributed by atoms with Crippen molar-refractivity contribution < 1.29 is 4.79 Å². The summed E-state index contributed by atoms with van der Waals surface area (Å²) in [5.41, 5.74) is 3.29. The van der Waals surface area contributed by atoms with Crippen molar-refractivity contribution in [2.75, 3.05) is 11.1 Å². The molecule has 0 unspecified atom stereocenters. The maximum absolute atomic E-state index is 12.3. The van der Waals surface area contributed by atoms with Crippen LogP contribution in [0.1, 0.15) is 30.9 Å². The van der Waals surface area contributed by atoms with Gasteiger partial charge in [-0.15, -0.1) is 10.2 Å². The fourth-order valence-electron chi connectivity index (χ4n) is 2.46. The van der Waals surface area contributed by atoms with E-state index in [0.29, 0.717) is 11.7 Å². The maximum atomic E-state index is 12.3. The number of anilines is 1. The number of benzene rings is 2. The fourth-order valence-corrected chi connectivity index (χ4v) is 5.24. The Morgan fingerprint density at radius 2 is 1.67 bits per heavy atom. The number of amides is 1. The van der Waals surface area contributed by atoms with E-state index >= 15 is 0 Å². The van der Waals surface area contributed by atoms with Crippen LogP contribution in [0.5, 0.6) is 0 Å². The molecule has 1 aromatic heterocycles. The third-order valence-electron chi connectivity index (χ3n) is 3.78. The van der Waals surface area contributed by atoms with Crippen molar-refractivity contribution in [3.05, 3.63) is 65.7 Å². The molecule has 0 saturated heterocycles. The Morgan fingerprint density at radius 1 is 1.00 bits per heavy atom. The molecule has 0 spiro atoms. The van der Waals surface area contributed by atoms with Crippen molar-refractivity contribution in [2.24, 2.45) is 0 Å². The monoisotopic (exact) mass is 415 g/mol. The molecule has 0 radical (unpaired) electrons. The number of hydrogen-bond acceptors (Lipinski definition) is 6. The molecular weight excluding hydrogens is 394 g/mol. The second-order valence-corrected chi connectivity index (χ2v) is 9.61. The molecular formula is C20H21N3OS3. The van der Waals surface area contributed by atoms with Crippen LogP contribution in [0.3, 0.4) is 0 Å². The van der Waals surface area contributed by atoms with E-state index in [4.69, 9.17) is 0 Å². The molecule has 1 heterocycles. The van der Waals surface area contributed by atoms with Gasteiger partial charge < -0.3 is 5.32 Å². The Hall–Kier alpha value is -1.83. The van der Waals surface area contributed by atoms with E-state index in [1.54, 1.807) is 11.8 Å². The number of rotatable bonds is 8. The molecule has 1 N–H and O–H groups in total. The molecule has 0 aliphatic rings. The Morgan fingerprint density at radius 3 is 2.41 bits per heavy atom. The van der Waals surface area contributed by atoms with Gasteiger partial charge in [0, 0.05) is 11.4 Å². The Labute approximate surface area is 172 Å². The van der Waals surface area contributed by atoms with Crippen molar-refractivity contribution in [1.29, 1.82) is 0 Å². The fraction of sp³-hybridized carbons (Fsp3) is 0.250. The lowest BCUT2D eigenvalue weighted by Crippen LogP contribution is -2.15. The molecule has 0 fully saturated rings. The summed E-state index contributed by atoms with van der Waals surface area (Å²) < 4.78 is 1.74. The number of carbonyl (C=O) groups is 1. The molecule has 0 bridgehead atoms. The lowest BCUT2D eigenvalue weighted by molar-refractivity contribution is -0.113. The standard InChI is InChI=1S/C20H21N3OS3/c1-14(2)16-10-6-7-11-17(16)21-18(24)13-26-20-23-22-19(27-20)25-12-15-8-4-3-5-9-15/h3-11,14H,12-13H2,1-2H3,(H,21,24). The summed E-state index contributed by atoms with van der Waals surface area (Å²) in [5, 5.41) is 11.4. The number of nitrogens with zero attached hydrogens (tertiary/aromatic N) is 2. The summed E-state index contributed by atoms with van der Waals surface area (Å²) in [6.07, 6.45) is 0. The van der Waals surface area contributed by atoms with Gasteiger partial charge in [0.15, 0.2) is 8.68 Å². The first kappa shape index (κ1) is 19.9. The first-order chi connectivity index (χ1) is 13.1. The van der Waals surface area contributed by atoms with Crippen LogP contribution in [0.2, 0.25) is 0 Å². The highest BCUT2D eigenvalue weighted by Crippen LogP contribution is 2.31. The van der Waals surface area contributed by atoms with Crippen LogP contribution in [0.15, 0.2) is 63.3 Å². The zero-order chi connectivity index (χ0) is 19.1. The van der Waals surface area contributed by atoms with Crippen LogP contribution in [-0.2, 0) is 10.5 Å². The van der Waals surface area contributed by atoms with E-state index in [1.165, 1.54) is 28.7 Å². The highest BCUT2D eigenvalue weighted by Gasteiger charge is 2.12. The number of thioether (sulfide) groups is 2. The normalized spacial score (nSPS) is 10.9. The van der Waals surface area contributed by atoms with Crippen molar-refractivity contribution in [1.82, 2.24) is 10.2 Å². The van der Waals surface area contributed by atoms with Gasteiger partial charge >= 0.3 is 0 Å². The zero-order valence-corrected chi connectivity index (χ0v) is 17.7. The van der Waals surface area contributed by atoms with Crippen molar-refractivity contribution in [2.45, 2.75) is 34.2 Å². The Bertz CT molecular complexity index is 881. The first-order valence-corrected chi connectivity index (χ1v) is 11.4. The molecule has 3 rings (SSSR count). The predicted octanol–water partition coefficient (Wildman–Crippen LogP) is 5.68. The van der Waals surface area contributed by atoms with E-state index in [9.17, 15) is 4.79 Å². The summed E-state index contributed by atoms with van der Waals surface area (Å²) >= 11 is 4.62. The summed E-state index contributed by atoms with van der Waals surface area (Å²) in [5.74, 6) is 1.53. The van der Waals surface area contributed by atoms with Crippen LogP contribution >= 0.6 is 34.9 Å². The maximum Gasteiger partial charge on any atom is 0.234 e. The Kier molecular flexibility index (Phi) is 7.32. The van der Waals surface area contributed by atoms with Crippen molar-refractivity contribution in [3.8, 4) is 0 Å². The largest absolute Gasteiger partial charge is 0.325 e. The van der Waals surface area contributed by atoms with E-state index in [2.05, 4.69) is 47.6 Å². The topological polar surface area (TPSA) is 54.9 Å². The number of nitrogens with one attached hydrogen (secondary N) is 1. The first-order valence-electron chi connectivity index (χ1n) is 8.63. The van der Waals surface area contributed by atoms with Gasteiger partial charge in [-0.05, 0) is 23.1 Å². The summed E-state index contributed by atoms with van der Waals surface area (Å²) in [6, 6.07) is 18.2. The second kappa shape index (κ2) is 9.92. The van der Waals surface area contributed by atoms with E-state index in [-0.39, 0.29) is 5.91 Å². The minimum Gasteiger partial charge on any atom is -0.325 e. The van der Waals surface area contributed by atoms with Gasteiger partial charge in [-0.3, -0.25) is 4.79 Å². The SMILES string of the molecule is CC(C)c1ccccc1NC(=O)CSc1nnc(SCc2ccccc2)s1. The molecule has 0 aliphatic heterocycles. The predicted molar refractivity (Wildman–Crippen MR) is 116 cm³/mol. The van der Waals surface area contributed by atoms with Gasteiger partial charge in [-0.1, -0.05) is 97.2 Å². The summed E-state index contributed by atoms with van der Waals surface area (Å²) in [4.78, 5) is 12.3. The van der Waals surface area contributed by atoms with Gasteiger partial charge in [-0.2, -0.15) is 0 Å². The molecule has 140 valence electrons. The summed E-state index contributed by atoms with van der Waals surface area (Å²) in [6.45, 7) is 4.24. The third-order valence-corrected chi connectivity index (χ3v) is 7.04. The van der Waals surface area contributed by atoms with Gasteiger partial charge in [0.1, 0.15) is 0 Å².